The first-order valence-electron chi connectivity index (χ1n) is 9.05. The second kappa shape index (κ2) is 9.29. The lowest BCUT2D eigenvalue weighted by Gasteiger charge is -2.10. The van der Waals surface area contributed by atoms with Gasteiger partial charge in [-0.2, -0.15) is 0 Å². The summed E-state index contributed by atoms with van der Waals surface area (Å²) in [5, 5.41) is 3.95. The zero-order chi connectivity index (χ0) is 19.2. The van der Waals surface area contributed by atoms with Crippen molar-refractivity contribution in [1.29, 1.82) is 0 Å². The molecule has 1 aromatic heterocycles. The van der Waals surface area contributed by atoms with Crippen LogP contribution in [-0.2, 0) is 6.42 Å². The second-order valence-electron chi connectivity index (χ2n) is 6.66. The first kappa shape index (κ1) is 19.8. The quantitative estimate of drug-likeness (QED) is 0.520. The summed E-state index contributed by atoms with van der Waals surface area (Å²) >= 11 is 0. The minimum absolute atomic E-state index is 0.0486. The number of hydrogen-bond donors (Lipinski definition) is 1. The van der Waals surface area contributed by atoms with E-state index in [9.17, 15) is 4.79 Å². The summed E-state index contributed by atoms with van der Waals surface area (Å²) in [7, 11) is 3.34. The third-order valence-corrected chi connectivity index (χ3v) is 6.21. The fraction of sp³-hybridized carbons (Fsp3) is 0.273. The van der Waals surface area contributed by atoms with Gasteiger partial charge in [0.25, 0.3) is 5.91 Å². The predicted molar refractivity (Wildman–Crippen MR) is 118 cm³/mol. The molecular formula is C22H24N2OS2. The Balaban J connectivity index is 1.68. The van der Waals surface area contributed by atoms with Crippen molar-refractivity contribution in [1.82, 2.24) is 10.3 Å². The first-order valence-corrected chi connectivity index (χ1v) is 11.6. The Hall–Kier alpha value is -1.98. The van der Waals surface area contributed by atoms with Gasteiger partial charge in [0, 0.05) is 23.0 Å². The molecule has 1 heterocycles. The normalized spacial score (nSPS) is 11.1. The molecule has 1 N–H and O–H groups in total. The fourth-order valence-corrected chi connectivity index (χ4v) is 4.49. The van der Waals surface area contributed by atoms with Crippen LogP contribution in [0.2, 0.25) is 0 Å². The highest BCUT2D eigenvalue weighted by Gasteiger charge is 2.12. The monoisotopic (exact) mass is 396 g/mol. The maximum atomic E-state index is 12.7. The second-order valence-corrected chi connectivity index (χ2v) is 9.10. The molecule has 2 aromatic carbocycles. The van der Waals surface area contributed by atoms with Crippen LogP contribution < -0.4 is 5.32 Å². The van der Waals surface area contributed by atoms with E-state index in [0.29, 0.717) is 18.0 Å². The number of aromatic nitrogens is 1. The number of para-hydroxylation sites is 1. The number of rotatable bonds is 7. The van der Waals surface area contributed by atoms with Crippen molar-refractivity contribution in [2.24, 2.45) is 0 Å². The van der Waals surface area contributed by atoms with Gasteiger partial charge in [0.2, 0.25) is 0 Å². The maximum absolute atomic E-state index is 12.7. The Morgan fingerprint density at radius 1 is 1.11 bits per heavy atom. The van der Waals surface area contributed by atoms with Crippen LogP contribution in [0, 0.1) is 0 Å². The third-order valence-electron chi connectivity index (χ3n) is 4.50. The van der Waals surface area contributed by atoms with Crippen molar-refractivity contribution in [2.45, 2.75) is 31.1 Å². The average Bonchev–Trinajstić information content (AvgIpc) is 2.68. The Kier molecular flexibility index (Phi) is 6.80. The van der Waals surface area contributed by atoms with Crippen LogP contribution in [0.15, 0.2) is 59.6 Å². The van der Waals surface area contributed by atoms with Gasteiger partial charge in [0.1, 0.15) is 0 Å². The van der Waals surface area contributed by atoms with E-state index in [1.807, 2.05) is 24.5 Å². The molecule has 0 saturated carbocycles. The predicted octanol–water partition coefficient (Wildman–Crippen LogP) is 5.70. The summed E-state index contributed by atoms with van der Waals surface area (Å²) < 4.78 is 0. The van der Waals surface area contributed by atoms with Crippen molar-refractivity contribution in [3.63, 3.8) is 0 Å². The summed E-state index contributed by atoms with van der Waals surface area (Å²) in [5.74, 6) is 0.486. The number of fused-ring (bicyclic) bond motifs is 1. The topological polar surface area (TPSA) is 42.0 Å². The van der Waals surface area contributed by atoms with Crippen LogP contribution in [0.5, 0.6) is 0 Å². The Bertz CT molecular complexity index is 923. The van der Waals surface area contributed by atoms with Gasteiger partial charge >= 0.3 is 0 Å². The van der Waals surface area contributed by atoms with Crippen LogP contribution in [0.25, 0.3) is 10.9 Å². The molecule has 0 fully saturated rings. The number of nitrogens with zero attached hydrogens (tertiary/aromatic N) is 1. The van der Waals surface area contributed by atoms with Gasteiger partial charge in [-0.05, 0) is 41.9 Å². The molecule has 27 heavy (non-hydrogen) atoms. The minimum atomic E-state index is -0.0486. The van der Waals surface area contributed by atoms with Gasteiger partial charge in [-0.15, -0.1) is 0 Å². The van der Waals surface area contributed by atoms with Gasteiger partial charge in [0.15, 0.2) is 0 Å². The molecule has 3 aromatic rings. The van der Waals surface area contributed by atoms with E-state index in [1.165, 1.54) is 11.1 Å². The summed E-state index contributed by atoms with van der Waals surface area (Å²) in [6, 6.07) is 16.4. The number of amides is 1. The summed E-state index contributed by atoms with van der Waals surface area (Å²) in [4.78, 5) is 18.3. The third kappa shape index (κ3) is 4.85. The number of pyridine rings is 1. The number of carbonyl (C=O) groups excluding carboxylic acids is 1. The van der Waals surface area contributed by atoms with Gasteiger partial charge in [-0.3, -0.25) is 9.78 Å². The van der Waals surface area contributed by atoms with Gasteiger partial charge in [-0.25, -0.2) is 0 Å². The molecule has 5 heteroatoms. The molecule has 0 saturated heterocycles. The first-order chi connectivity index (χ1) is 13.1. The molecule has 0 aliphatic carbocycles. The van der Waals surface area contributed by atoms with Crippen LogP contribution in [0.3, 0.4) is 0 Å². The SMILES string of the molecule is CSSc1cccc2c(C(=O)NCCc3ccc(C(C)C)cc3)ccnc12. The zero-order valence-electron chi connectivity index (χ0n) is 15.9. The number of hydrogen-bond acceptors (Lipinski definition) is 4. The van der Waals surface area contributed by atoms with Gasteiger partial charge in [-0.1, -0.05) is 71.8 Å². The zero-order valence-corrected chi connectivity index (χ0v) is 17.5. The lowest BCUT2D eigenvalue weighted by molar-refractivity contribution is 0.0955. The van der Waals surface area contributed by atoms with Crippen molar-refractivity contribution in [3.8, 4) is 0 Å². The van der Waals surface area contributed by atoms with E-state index in [4.69, 9.17) is 0 Å². The van der Waals surface area contributed by atoms with Crippen molar-refractivity contribution < 1.29 is 4.79 Å². The summed E-state index contributed by atoms with van der Waals surface area (Å²) in [6.07, 6.45) is 4.57. The highest BCUT2D eigenvalue weighted by atomic mass is 33.1. The molecular weight excluding hydrogens is 372 g/mol. The molecule has 3 nitrogen and oxygen atoms in total. The molecule has 0 bridgehead atoms. The lowest BCUT2D eigenvalue weighted by atomic mass is 10.0. The fourth-order valence-electron chi connectivity index (χ4n) is 2.99. The molecule has 0 spiro atoms. The maximum Gasteiger partial charge on any atom is 0.252 e. The summed E-state index contributed by atoms with van der Waals surface area (Å²) in [6.45, 7) is 5.00. The molecule has 3 rings (SSSR count). The molecule has 0 radical (unpaired) electrons. The molecule has 1 amide bonds. The van der Waals surface area contributed by atoms with Gasteiger partial charge < -0.3 is 5.32 Å². The van der Waals surface area contributed by atoms with Crippen molar-refractivity contribution in [2.75, 3.05) is 12.8 Å². The number of benzene rings is 2. The molecule has 0 unspecified atom stereocenters. The Morgan fingerprint density at radius 3 is 2.59 bits per heavy atom. The highest BCUT2D eigenvalue weighted by Crippen LogP contribution is 2.34. The van der Waals surface area contributed by atoms with E-state index in [2.05, 4.69) is 48.4 Å². The Morgan fingerprint density at radius 2 is 1.89 bits per heavy atom. The molecule has 0 aliphatic heterocycles. The smallest absolute Gasteiger partial charge is 0.252 e. The Labute approximate surface area is 168 Å². The van der Waals surface area contributed by atoms with E-state index in [0.717, 1.165) is 22.2 Å². The molecule has 0 aliphatic rings. The van der Waals surface area contributed by atoms with E-state index < -0.39 is 0 Å². The van der Waals surface area contributed by atoms with Crippen molar-refractivity contribution >= 4 is 38.4 Å². The van der Waals surface area contributed by atoms with Crippen LogP contribution in [0.4, 0.5) is 0 Å². The summed E-state index contributed by atoms with van der Waals surface area (Å²) in [5.41, 5.74) is 4.13. The van der Waals surface area contributed by atoms with E-state index in [1.54, 1.807) is 33.9 Å². The van der Waals surface area contributed by atoms with E-state index in [-0.39, 0.29) is 5.91 Å². The van der Waals surface area contributed by atoms with Crippen LogP contribution >= 0.6 is 21.6 Å². The van der Waals surface area contributed by atoms with E-state index >= 15 is 0 Å². The molecule has 140 valence electrons. The largest absolute Gasteiger partial charge is 0.352 e. The number of nitrogens with one attached hydrogen (secondary N) is 1. The minimum Gasteiger partial charge on any atom is -0.352 e. The van der Waals surface area contributed by atoms with Crippen LogP contribution in [0.1, 0.15) is 41.3 Å². The average molecular weight is 397 g/mol. The molecule has 0 atom stereocenters. The van der Waals surface area contributed by atoms with Crippen LogP contribution in [-0.4, -0.2) is 23.7 Å². The standard InChI is InChI=1S/C22H24N2OS2/c1-15(2)17-9-7-16(8-10-17)11-13-24-22(25)19-12-14-23-21-18(19)5-4-6-20(21)27-26-3/h4-10,12,14-15H,11,13H2,1-3H3,(H,24,25). The van der Waals surface area contributed by atoms with Gasteiger partial charge in [0.05, 0.1) is 11.1 Å². The van der Waals surface area contributed by atoms with Crippen molar-refractivity contribution in [3.05, 3.63) is 71.4 Å². The highest BCUT2D eigenvalue weighted by molar-refractivity contribution is 8.76. The lowest BCUT2D eigenvalue weighted by Crippen LogP contribution is -2.26. The number of carbonyl (C=O) groups is 1.